The van der Waals surface area contributed by atoms with Gasteiger partial charge in [-0.15, -0.1) is 10.2 Å². The second-order valence-electron chi connectivity index (χ2n) is 8.39. The molecule has 41 heavy (non-hydrogen) atoms. The van der Waals surface area contributed by atoms with Gasteiger partial charge < -0.3 is 5.11 Å². The number of non-ortho nitro benzene ring substituents is 1. The van der Waals surface area contributed by atoms with E-state index < -0.39 is 61.0 Å². The minimum Gasteiger partial charge on any atom is -0.506 e. The molecule has 0 aliphatic rings. The molecule has 0 saturated carbocycles. The first kappa shape index (κ1) is 29.8. The second-order valence-corrected chi connectivity index (χ2v) is 13.9. The molecule has 0 amide bonds. The molecule has 0 atom stereocenters. The Balaban J connectivity index is 1.89. The van der Waals surface area contributed by atoms with Crippen LogP contribution >= 0.6 is 11.6 Å². The molecular formula is C23H17ClN4O10S3. The first-order valence-corrected chi connectivity index (χ1v) is 16.1. The quantitative estimate of drug-likeness (QED) is 0.101. The van der Waals surface area contributed by atoms with Gasteiger partial charge in [-0.2, -0.15) is 8.42 Å². The van der Waals surface area contributed by atoms with Crippen molar-refractivity contribution < 1.29 is 39.8 Å². The minimum absolute atomic E-state index is 0.0189. The van der Waals surface area contributed by atoms with Gasteiger partial charge in [0.15, 0.2) is 9.84 Å². The number of anilines is 1. The Hall–Kier alpha value is -4.16. The molecule has 18 heteroatoms. The maximum atomic E-state index is 13.2. The normalized spacial score (nSPS) is 12.6. The fourth-order valence-electron chi connectivity index (χ4n) is 3.69. The zero-order chi connectivity index (χ0) is 30.3. The van der Waals surface area contributed by atoms with Gasteiger partial charge in [0.25, 0.3) is 25.8 Å². The number of benzene rings is 4. The van der Waals surface area contributed by atoms with Crippen LogP contribution in [0.4, 0.5) is 22.7 Å². The number of azo groups is 1. The number of nitrogens with one attached hydrogen (secondary N) is 1. The van der Waals surface area contributed by atoms with Gasteiger partial charge >= 0.3 is 0 Å². The number of nitrogens with zero attached hydrogens (tertiary/aromatic N) is 3. The zero-order valence-electron chi connectivity index (χ0n) is 20.5. The average molecular weight is 641 g/mol. The molecule has 4 aromatic carbocycles. The highest BCUT2D eigenvalue weighted by Gasteiger charge is 2.22. The van der Waals surface area contributed by atoms with Crippen molar-refractivity contribution in [2.75, 3.05) is 11.0 Å². The predicted molar refractivity (Wildman–Crippen MR) is 148 cm³/mol. The number of hydrogen-bond acceptors (Lipinski definition) is 11. The highest BCUT2D eigenvalue weighted by Crippen LogP contribution is 2.43. The number of sulfonamides is 1. The highest BCUT2D eigenvalue weighted by atomic mass is 35.5. The van der Waals surface area contributed by atoms with E-state index in [-0.39, 0.29) is 32.9 Å². The molecule has 3 N–H and O–H groups in total. The van der Waals surface area contributed by atoms with Crippen molar-refractivity contribution in [3.8, 4) is 5.75 Å². The van der Waals surface area contributed by atoms with E-state index in [4.69, 9.17) is 11.6 Å². The number of hydrogen-bond donors (Lipinski definition) is 3. The van der Waals surface area contributed by atoms with E-state index in [9.17, 15) is 45.0 Å². The molecule has 214 valence electrons. The molecule has 4 aromatic rings. The second kappa shape index (κ2) is 10.7. The average Bonchev–Trinajstić information content (AvgIpc) is 2.88. The van der Waals surface area contributed by atoms with E-state index >= 15 is 0 Å². The fourth-order valence-corrected chi connectivity index (χ4v) is 6.44. The van der Waals surface area contributed by atoms with Crippen molar-refractivity contribution in [1.82, 2.24) is 0 Å². The molecule has 0 fully saturated rings. The van der Waals surface area contributed by atoms with E-state index in [0.717, 1.165) is 54.8 Å². The van der Waals surface area contributed by atoms with Crippen molar-refractivity contribution >= 4 is 75.1 Å². The first-order valence-electron chi connectivity index (χ1n) is 10.9. The monoisotopic (exact) mass is 640 g/mol. The number of sulfone groups is 1. The lowest BCUT2D eigenvalue weighted by Gasteiger charge is -2.14. The van der Waals surface area contributed by atoms with Gasteiger partial charge in [0.2, 0.25) is 0 Å². The Morgan fingerprint density at radius 3 is 2.15 bits per heavy atom. The largest absolute Gasteiger partial charge is 0.506 e. The number of halogens is 1. The highest BCUT2D eigenvalue weighted by molar-refractivity contribution is 7.92. The summed E-state index contributed by atoms with van der Waals surface area (Å²) in [5, 5.41) is 29.4. The lowest BCUT2D eigenvalue weighted by atomic mass is 10.1. The molecule has 14 nitrogen and oxygen atoms in total. The van der Waals surface area contributed by atoms with Gasteiger partial charge in [-0.25, -0.2) is 16.8 Å². The number of nitro benzene ring substituents is 1. The third-order valence-electron chi connectivity index (χ3n) is 5.54. The van der Waals surface area contributed by atoms with E-state index in [2.05, 4.69) is 15.0 Å². The SMILES string of the molecule is CS(=O)(=O)c1cc([N+](=O)[O-])ccc1N=Nc1cc(Cl)c(O)c2cccc(NS(=O)(=O)c3cccc(S(=O)(=O)O)c3)c12. The molecule has 0 aromatic heterocycles. The zero-order valence-corrected chi connectivity index (χ0v) is 23.7. The standard InChI is InChI=1S/C23H17ClN4O10S3/c1-39(32,33)21-10-13(28(30)31)8-9-18(21)25-26-20-12-17(24)23(29)16-6-3-7-19(22(16)20)27-40(34,35)14-4-2-5-15(11-14)41(36,37)38/h2-12,27,29H,1H3,(H,36,37,38). The number of nitro groups is 1. The Bertz CT molecular complexity index is 2100. The molecule has 0 aliphatic carbocycles. The Kier molecular flexibility index (Phi) is 7.76. The van der Waals surface area contributed by atoms with E-state index in [1.54, 1.807) is 0 Å². The van der Waals surface area contributed by atoms with Crippen LogP contribution in [-0.4, -0.2) is 46.1 Å². The summed E-state index contributed by atoms with van der Waals surface area (Å²) in [5.74, 6) is -0.442. The van der Waals surface area contributed by atoms with Gasteiger partial charge in [0, 0.05) is 29.2 Å². The van der Waals surface area contributed by atoms with Gasteiger partial charge in [0.1, 0.15) is 16.3 Å². The summed E-state index contributed by atoms with van der Waals surface area (Å²) in [4.78, 5) is 8.66. The molecule has 0 aliphatic heterocycles. The number of rotatable bonds is 8. The third-order valence-corrected chi connectivity index (χ3v) is 9.17. The van der Waals surface area contributed by atoms with Gasteiger partial charge in [-0.3, -0.25) is 19.4 Å². The lowest BCUT2D eigenvalue weighted by molar-refractivity contribution is -0.385. The Morgan fingerprint density at radius 2 is 1.51 bits per heavy atom. The summed E-state index contributed by atoms with van der Waals surface area (Å²) < 4.78 is 85.4. The molecule has 4 rings (SSSR count). The van der Waals surface area contributed by atoms with Crippen molar-refractivity contribution in [1.29, 1.82) is 0 Å². The fraction of sp³-hybridized carbons (Fsp3) is 0.0435. The summed E-state index contributed by atoms with van der Waals surface area (Å²) in [7, 11) is -13.2. The molecule has 0 spiro atoms. The van der Waals surface area contributed by atoms with Gasteiger partial charge in [-0.1, -0.05) is 29.8 Å². The van der Waals surface area contributed by atoms with Crippen LogP contribution in [0.5, 0.6) is 5.75 Å². The topological polar surface area (TPSA) is 223 Å². The van der Waals surface area contributed by atoms with Crippen LogP contribution < -0.4 is 4.72 Å². The maximum absolute atomic E-state index is 13.2. The van der Waals surface area contributed by atoms with E-state index in [0.29, 0.717) is 0 Å². The van der Waals surface area contributed by atoms with Crippen LogP contribution in [0.2, 0.25) is 5.02 Å². The van der Waals surface area contributed by atoms with Crippen LogP contribution in [0.15, 0.2) is 91.6 Å². The Morgan fingerprint density at radius 1 is 0.878 bits per heavy atom. The number of aromatic hydroxyl groups is 1. The third kappa shape index (κ3) is 6.28. The predicted octanol–water partition coefficient (Wildman–Crippen LogP) is 4.97. The van der Waals surface area contributed by atoms with Crippen LogP contribution in [-0.2, 0) is 30.0 Å². The summed E-state index contributed by atoms with van der Waals surface area (Å²) >= 11 is 6.13. The van der Waals surface area contributed by atoms with Crippen molar-refractivity contribution in [3.05, 3.63) is 81.9 Å². The smallest absolute Gasteiger partial charge is 0.294 e. The number of phenols is 1. The molecule has 0 radical (unpaired) electrons. The Labute approximate surface area is 237 Å². The van der Waals surface area contributed by atoms with Crippen LogP contribution in [0.1, 0.15) is 0 Å². The van der Waals surface area contributed by atoms with Crippen LogP contribution in [0.25, 0.3) is 10.8 Å². The van der Waals surface area contributed by atoms with Crippen LogP contribution in [0, 0.1) is 10.1 Å². The van der Waals surface area contributed by atoms with Crippen molar-refractivity contribution in [2.45, 2.75) is 14.7 Å². The molecular weight excluding hydrogens is 624 g/mol. The van der Waals surface area contributed by atoms with E-state index in [1.807, 2.05) is 0 Å². The molecule has 0 bridgehead atoms. The molecule has 0 unspecified atom stereocenters. The van der Waals surface area contributed by atoms with Crippen molar-refractivity contribution in [3.63, 3.8) is 0 Å². The number of fused-ring (bicyclic) bond motifs is 1. The first-order chi connectivity index (χ1) is 19.0. The summed E-state index contributed by atoms with van der Waals surface area (Å²) in [6.45, 7) is 0. The lowest BCUT2D eigenvalue weighted by Crippen LogP contribution is -2.14. The van der Waals surface area contributed by atoms with E-state index in [1.165, 1.54) is 18.2 Å². The number of phenolic OH excluding ortho intramolecular Hbond substituents is 1. The molecule has 0 heterocycles. The van der Waals surface area contributed by atoms with Gasteiger partial charge in [-0.05, 0) is 36.4 Å². The summed E-state index contributed by atoms with van der Waals surface area (Å²) in [6, 6.07) is 12.0. The van der Waals surface area contributed by atoms with Crippen LogP contribution in [0.3, 0.4) is 0 Å². The summed E-state index contributed by atoms with van der Waals surface area (Å²) in [5.41, 5.74) is -1.06. The van der Waals surface area contributed by atoms with Gasteiger partial charge in [0.05, 0.1) is 31.1 Å². The minimum atomic E-state index is -4.71. The summed E-state index contributed by atoms with van der Waals surface area (Å²) in [6.07, 6.45) is 0.821. The van der Waals surface area contributed by atoms with Crippen molar-refractivity contribution in [2.24, 2.45) is 10.2 Å². The molecule has 0 saturated heterocycles. The maximum Gasteiger partial charge on any atom is 0.294 e.